The van der Waals surface area contributed by atoms with Gasteiger partial charge in [0.15, 0.2) is 0 Å². The van der Waals surface area contributed by atoms with Crippen molar-refractivity contribution < 1.29 is 15.3 Å². The first-order valence-corrected chi connectivity index (χ1v) is 7.00. The number of rotatable bonds is 2. The van der Waals surface area contributed by atoms with Gasteiger partial charge in [0.05, 0.1) is 18.3 Å². The lowest BCUT2D eigenvalue weighted by atomic mass is 9.52. The van der Waals surface area contributed by atoms with Crippen LogP contribution in [-0.4, -0.2) is 33.6 Å². The molecule has 3 heteroatoms. The first kappa shape index (κ1) is 14.0. The first-order chi connectivity index (χ1) is 8.31. The van der Waals surface area contributed by atoms with E-state index in [0.717, 1.165) is 24.8 Å². The van der Waals surface area contributed by atoms with Crippen molar-refractivity contribution in [3.8, 4) is 0 Å². The van der Waals surface area contributed by atoms with E-state index in [2.05, 4.69) is 13.5 Å². The number of aliphatic hydroxyl groups excluding tert-OH is 2. The molecule has 5 atom stereocenters. The fourth-order valence-electron chi connectivity index (χ4n) is 4.13. The molecular formula is C15H26O3. The molecule has 0 saturated heterocycles. The van der Waals surface area contributed by atoms with Crippen LogP contribution in [-0.2, 0) is 0 Å². The van der Waals surface area contributed by atoms with Crippen LogP contribution in [0.25, 0.3) is 0 Å². The molecule has 2 rings (SSSR count). The van der Waals surface area contributed by atoms with Gasteiger partial charge in [-0.25, -0.2) is 0 Å². The van der Waals surface area contributed by atoms with E-state index in [-0.39, 0.29) is 30.0 Å². The molecule has 2 aliphatic carbocycles. The van der Waals surface area contributed by atoms with E-state index in [1.54, 1.807) is 0 Å². The Morgan fingerprint density at radius 1 is 1.28 bits per heavy atom. The molecule has 0 aromatic rings. The van der Waals surface area contributed by atoms with E-state index in [1.807, 2.05) is 6.92 Å². The summed E-state index contributed by atoms with van der Waals surface area (Å²) in [5, 5.41) is 30.1. The highest BCUT2D eigenvalue weighted by Crippen LogP contribution is 2.56. The van der Waals surface area contributed by atoms with Gasteiger partial charge in [0, 0.05) is 0 Å². The van der Waals surface area contributed by atoms with Gasteiger partial charge in [-0.3, -0.25) is 0 Å². The molecule has 2 fully saturated rings. The normalized spacial score (nSPS) is 48.6. The molecule has 0 aromatic carbocycles. The van der Waals surface area contributed by atoms with Gasteiger partial charge in [0.25, 0.3) is 0 Å². The molecule has 0 aromatic heterocycles. The standard InChI is InChI=1S/C15H26O3/c1-10(9-16)11-4-6-14(2)12(8-11)15(3,18)7-5-13(14)17/h11-13,16-18H,1,4-9H2,2-3H3. The Morgan fingerprint density at radius 3 is 2.56 bits per heavy atom. The van der Waals surface area contributed by atoms with Crippen LogP contribution in [0.1, 0.15) is 46.0 Å². The van der Waals surface area contributed by atoms with Gasteiger partial charge in [-0.15, -0.1) is 0 Å². The Labute approximate surface area is 110 Å². The minimum absolute atomic E-state index is 0.0266. The molecular weight excluding hydrogens is 228 g/mol. The molecule has 18 heavy (non-hydrogen) atoms. The lowest BCUT2D eigenvalue weighted by Crippen LogP contribution is -2.57. The summed E-state index contributed by atoms with van der Waals surface area (Å²) in [6.45, 7) is 7.96. The van der Waals surface area contributed by atoms with Crippen LogP contribution < -0.4 is 0 Å². The van der Waals surface area contributed by atoms with Crippen LogP contribution in [0.2, 0.25) is 0 Å². The molecule has 3 nitrogen and oxygen atoms in total. The maximum absolute atomic E-state index is 10.6. The van der Waals surface area contributed by atoms with Gasteiger partial charge in [0.1, 0.15) is 0 Å². The lowest BCUT2D eigenvalue weighted by molar-refractivity contribution is -0.171. The molecule has 104 valence electrons. The maximum atomic E-state index is 10.6. The SMILES string of the molecule is C=C(CO)C1CCC2(C)C(O)CCC(C)(O)C2C1. The average Bonchev–Trinajstić information content (AvgIpc) is 2.34. The Bertz CT molecular complexity index is 337. The van der Waals surface area contributed by atoms with E-state index < -0.39 is 5.60 Å². The molecule has 0 spiro atoms. The predicted octanol–water partition coefficient (Wildman–Crippen LogP) is 1.86. The molecule has 0 aliphatic heterocycles. The molecule has 3 N–H and O–H groups in total. The van der Waals surface area contributed by atoms with Crippen molar-refractivity contribution in [2.75, 3.05) is 6.61 Å². The number of hydrogen-bond donors (Lipinski definition) is 3. The molecule has 0 bridgehead atoms. The van der Waals surface area contributed by atoms with Crippen molar-refractivity contribution in [3.63, 3.8) is 0 Å². The highest BCUT2D eigenvalue weighted by molar-refractivity contribution is 5.11. The van der Waals surface area contributed by atoms with Gasteiger partial charge in [-0.05, 0) is 61.9 Å². The highest BCUT2D eigenvalue weighted by atomic mass is 16.3. The number of hydrogen-bond acceptors (Lipinski definition) is 3. The maximum Gasteiger partial charge on any atom is 0.0655 e. The largest absolute Gasteiger partial charge is 0.393 e. The van der Waals surface area contributed by atoms with Crippen LogP contribution >= 0.6 is 0 Å². The third kappa shape index (κ3) is 2.13. The molecule has 2 saturated carbocycles. The Morgan fingerprint density at radius 2 is 1.94 bits per heavy atom. The summed E-state index contributed by atoms with van der Waals surface area (Å²) in [6.07, 6.45) is 3.72. The number of fused-ring (bicyclic) bond motifs is 1. The lowest BCUT2D eigenvalue weighted by Gasteiger charge is -2.56. The molecule has 2 aliphatic rings. The summed E-state index contributed by atoms with van der Waals surface area (Å²) in [4.78, 5) is 0. The Hall–Kier alpha value is -0.380. The summed E-state index contributed by atoms with van der Waals surface area (Å²) >= 11 is 0. The highest BCUT2D eigenvalue weighted by Gasteiger charge is 2.55. The smallest absolute Gasteiger partial charge is 0.0655 e. The van der Waals surface area contributed by atoms with E-state index in [9.17, 15) is 15.3 Å². The van der Waals surface area contributed by atoms with Gasteiger partial charge < -0.3 is 15.3 Å². The second-order valence-corrected chi connectivity index (χ2v) is 6.76. The summed E-state index contributed by atoms with van der Waals surface area (Å²) in [7, 11) is 0. The minimum atomic E-state index is -0.706. The monoisotopic (exact) mass is 254 g/mol. The zero-order chi connectivity index (χ0) is 13.6. The molecule has 0 heterocycles. The van der Waals surface area contributed by atoms with Gasteiger partial charge in [-0.2, -0.15) is 0 Å². The van der Waals surface area contributed by atoms with Crippen molar-refractivity contribution in [2.24, 2.45) is 17.3 Å². The second-order valence-electron chi connectivity index (χ2n) is 6.76. The predicted molar refractivity (Wildman–Crippen MR) is 71.0 cm³/mol. The van der Waals surface area contributed by atoms with Gasteiger partial charge in [-0.1, -0.05) is 13.5 Å². The van der Waals surface area contributed by atoms with Gasteiger partial charge >= 0.3 is 0 Å². The second kappa shape index (κ2) is 4.62. The summed E-state index contributed by atoms with van der Waals surface area (Å²) in [5.41, 5.74) is -0.0241. The van der Waals surface area contributed by atoms with Crippen LogP contribution in [0.3, 0.4) is 0 Å². The van der Waals surface area contributed by atoms with Crippen molar-refractivity contribution in [1.82, 2.24) is 0 Å². The first-order valence-electron chi connectivity index (χ1n) is 7.00. The van der Waals surface area contributed by atoms with E-state index in [4.69, 9.17) is 0 Å². The topological polar surface area (TPSA) is 60.7 Å². The van der Waals surface area contributed by atoms with Crippen LogP contribution in [0, 0.1) is 17.3 Å². The Balaban J connectivity index is 2.23. The molecule has 0 amide bonds. The summed E-state index contributed by atoms with van der Waals surface area (Å²) in [6, 6.07) is 0. The summed E-state index contributed by atoms with van der Waals surface area (Å²) < 4.78 is 0. The summed E-state index contributed by atoms with van der Waals surface area (Å²) in [5.74, 6) is 0.376. The van der Waals surface area contributed by atoms with E-state index in [1.165, 1.54) is 0 Å². The van der Waals surface area contributed by atoms with Crippen molar-refractivity contribution >= 4 is 0 Å². The van der Waals surface area contributed by atoms with E-state index in [0.29, 0.717) is 12.8 Å². The molecule has 5 unspecified atom stereocenters. The van der Waals surface area contributed by atoms with Crippen molar-refractivity contribution in [1.29, 1.82) is 0 Å². The van der Waals surface area contributed by atoms with E-state index >= 15 is 0 Å². The van der Waals surface area contributed by atoms with Crippen LogP contribution in [0.15, 0.2) is 12.2 Å². The zero-order valence-corrected chi connectivity index (χ0v) is 11.5. The minimum Gasteiger partial charge on any atom is -0.393 e. The fourth-order valence-corrected chi connectivity index (χ4v) is 4.13. The van der Waals surface area contributed by atoms with Crippen molar-refractivity contribution in [2.45, 2.75) is 57.7 Å². The van der Waals surface area contributed by atoms with Gasteiger partial charge in [0.2, 0.25) is 0 Å². The average molecular weight is 254 g/mol. The van der Waals surface area contributed by atoms with Crippen LogP contribution in [0.4, 0.5) is 0 Å². The molecule has 0 radical (unpaired) electrons. The third-order valence-corrected chi connectivity index (χ3v) is 5.56. The van der Waals surface area contributed by atoms with Crippen LogP contribution in [0.5, 0.6) is 0 Å². The fraction of sp³-hybridized carbons (Fsp3) is 0.867. The third-order valence-electron chi connectivity index (χ3n) is 5.56. The Kier molecular flexibility index (Phi) is 3.60. The van der Waals surface area contributed by atoms with Crippen molar-refractivity contribution in [3.05, 3.63) is 12.2 Å². The zero-order valence-electron chi connectivity index (χ0n) is 11.5. The quantitative estimate of drug-likeness (QED) is 0.659. The number of aliphatic hydroxyl groups is 3.